The van der Waals surface area contributed by atoms with E-state index in [4.69, 9.17) is 23.2 Å². The maximum Gasteiger partial charge on any atom is 0.322 e. The van der Waals surface area contributed by atoms with E-state index in [-0.39, 0.29) is 73.0 Å². The fourth-order valence-electron chi connectivity index (χ4n) is 8.06. The van der Waals surface area contributed by atoms with Crippen molar-refractivity contribution in [1.29, 1.82) is 0 Å². The van der Waals surface area contributed by atoms with E-state index in [2.05, 4.69) is 25.6 Å². The molecular formula is C39H46Cl2F2N12O8S2. The predicted octanol–water partition coefficient (Wildman–Crippen LogP) is 3.87. The Morgan fingerprint density at radius 1 is 0.723 bits per heavy atom. The Morgan fingerprint density at radius 3 is 1.60 bits per heavy atom. The van der Waals surface area contributed by atoms with Gasteiger partial charge in [-0.15, -0.1) is 0 Å². The van der Waals surface area contributed by atoms with Gasteiger partial charge in [0.1, 0.15) is 11.6 Å². The Labute approximate surface area is 383 Å². The molecule has 4 unspecified atom stereocenters. The SMILES string of the molecule is CC1Cn2ncc(N3CC(N(C)S(C)(=O)=O)CC3=O)c2CN1C(=O)Nc1ccc(F)c(Cl)c1.CC1Cn2ncc(N3CC(NS(C)(=O)=O)CC3=O)c2CN1C(=O)Nc1ccc(F)c(Cl)c1. The molecular weight excluding hydrogens is 938 g/mol. The van der Waals surface area contributed by atoms with Crippen molar-refractivity contribution in [2.24, 2.45) is 0 Å². The number of nitrogens with one attached hydrogen (secondary N) is 3. The number of hydrogen-bond acceptors (Lipinski definition) is 10. The van der Waals surface area contributed by atoms with Gasteiger partial charge >= 0.3 is 12.1 Å². The van der Waals surface area contributed by atoms with Crippen LogP contribution < -0.4 is 25.2 Å². The molecule has 2 saturated heterocycles. The van der Waals surface area contributed by atoms with Gasteiger partial charge in [0, 0.05) is 50.4 Å². The lowest BCUT2D eigenvalue weighted by atomic mass is 10.2. The first-order valence-electron chi connectivity index (χ1n) is 20.1. The average molecular weight is 984 g/mol. The van der Waals surface area contributed by atoms with Crippen molar-refractivity contribution in [2.45, 2.75) is 77.0 Å². The monoisotopic (exact) mass is 982 g/mol. The van der Waals surface area contributed by atoms with Gasteiger partial charge in [0.15, 0.2) is 0 Å². The van der Waals surface area contributed by atoms with Crippen molar-refractivity contribution >= 4 is 89.9 Å². The van der Waals surface area contributed by atoms with Crippen LogP contribution in [0.1, 0.15) is 38.1 Å². The van der Waals surface area contributed by atoms with Crippen LogP contribution in [0.4, 0.5) is 41.1 Å². The second-order valence-electron chi connectivity index (χ2n) is 16.3. The Hall–Kier alpha value is -5.40. The number of amides is 6. The lowest BCUT2D eigenvalue weighted by Crippen LogP contribution is -2.47. The van der Waals surface area contributed by atoms with Gasteiger partial charge in [0.05, 0.1) is 102 Å². The zero-order valence-electron chi connectivity index (χ0n) is 35.7. The molecule has 2 fully saturated rings. The molecule has 2 aromatic carbocycles. The van der Waals surface area contributed by atoms with E-state index < -0.39 is 55.8 Å². The highest BCUT2D eigenvalue weighted by molar-refractivity contribution is 7.88. The van der Waals surface area contributed by atoms with Crippen molar-refractivity contribution in [2.75, 3.05) is 53.1 Å². The lowest BCUT2D eigenvalue weighted by molar-refractivity contribution is -0.118. The molecule has 6 heterocycles. The molecule has 0 aliphatic carbocycles. The minimum absolute atomic E-state index is 0.0453. The molecule has 3 N–H and O–H groups in total. The van der Waals surface area contributed by atoms with E-state index in [1.54, 1.807) is 31.6 Å². The van der Waals surface area contributed by atoms with Crippen molar-refractivity contribution in [3.63, 3.8) is 0 Å². The fraction of sp³-hybridized carbons (Fsp3) is 0.436. The van der Waals surface area contributed by atoms with Crippen LogP contribution in [0.15, 0.2) is 48.8 Å². The van der Waals surface area contributed by atoms with Gasteiger partial charge in [0.2, 0.25) is 31.9 Å². The van der Waals surface area contributed by atoms with Crippen LogP contribution in [0.3, 0.4) is 0 Å². The van der Waals surface area contributed by atoms with Gasteiger partial charge in [0.25, 0.3) is 0 Å². The number of benzene rings is 2. The number of carbonyl (C=O) groups is 4. The summed E-state index contributed by atoms with van der Waals surface area (Å²) < 4.78 is 80.8. The first-order valence-corrected chi connectivity index (χ1v) is 24.6. The molecule has 4 aliphatic heterocycles. The summed E-state index contributed by atoms with van der Waals surface area (Å²) in [5.41, 5.74) is 3.16. The minimum atomic E-state index is -3.45. The number of urea groups is 2. The highest BCUT2D eigenvalue weighted by Crippen LogP contribution is 2.33. The van der Waals surface area contributed by atoms with Crippen LogP contribution >= 0.6 is 23.2 Å². The van der Waals surface area contributed by atoms with Gasteiger partial charge in [-0.3, -0.25) is 19.0 Å². The molecule has 0 radical (unpaired) electrons. The summed E-state index contributed by atoms with van der Waals surface area (Å²) in [5.74, 6) is -1.59. The molecule has 20 nitrogen and oxygen atoms in total. The van der Waals surface area contributed by atoms with Crippen LogP contribution in [0, 0.1) is 11.6 Å². The number of aromatic nitrogens is 4. The van der Waals surface area contributed by atoms with E-state index in [0.29, 0.717) is 47.2 Å². The van der Waals surface area contributed by atoms with E-state index in [0.717, 1.165) is 12.5 Å². The first kappa shape index (κ1) is 47.6. The highest BCUT2D eigenvalue weighted by Gasteiger charge is 2.40. The zero-order valence-corrected chi connectivity index (χ0v) is 38.8. The number of rotatable bonds is 8. The molecule has 0 bridgehead atoms. The summed E-state index contributed by atoms with van der Waals surface area (Å²) in [5, 5.41) is 14.0. The first-order chi connectivity index (χ1) is 30.5. The molecule has 0 saturated carbocycles. The summed E-state index contributed by atoms with van der Waals surface area (Å²) in [6.45, 7) is 5.34. The van der Waals surface area contributed by atoms with Crippen LogP contribution in [0.5, 0.6) is 0 Å². The average Bonchev–Trinajstić information content (AvgIpc) is 4.00. The Bertz CT molecular complexity index is 2780. The Morgan fingerprint density at radius 2 is 1.17 bits per heavy atom. The summed E-state index contributed by atoms with van der Waals surface area (Å²) in [4.78, 5) is 57.3. The van der Waals surface area contributed by atoms with Crippen molar-refractivity contribution in [3.05, 3.63) is 81.9 Å². The molecule has 26 heteroatoms. The number of hydrogen-bond donors (Lipinski definition) is 3. The largest absolute Gasteiger partial charge is 0.322 e. The summed E-state index contributed by atoms with van der Waals surface area (Å²) in [6, 6.07) is 5.65. The van der Waals surface area contributed by atoms with E-state index in [9.17, 15) is 44.8 Å². The second kappa shape index (κ2) is 18.5. The number of anilines is 4. The fourth-order valence-corrected chi connectivity index (χ4v) is 9.87. The van der Waals surface area contributed by atoms with Crippen LogP contribution in [0.25, 0.3) is 0 Å². The number of sulfonamides is 2. The maximum atomic E-state index is 13.4. The molecule has 4 aromatic rings. The van der Waals surface area contributed by atoms with Crippen molar-refractivity contribution < 1.29 is 44.8 Å². The summed E-state index contributed by atoms with van der Waals surface area (Å²) >= 11 is 11.6. The minimum Gasteiger partial charge on any atom is -0.314 e. The Kier molecular flexibility index (Phi) is 13.5. The van der Waals surface area contributed by atoms with E-state index >= 15 is 0 Å². The van der Waals surface area contributed by atoms with Crippen molar-refractivity contribution in [1.82, 2.24) is 38.4 Å². The van der Waals surface area contributed by atoms with Crippen LogP contribution in [0.2, 0.25) is 10.0 Å². The standard InChI is InChI=1S/C20H24ClFN6O4S.C19H22ClFN6O4S/c1-12-9-28-18(11-26(12)20(30)24-13-4-5-16(22)15(21)6-13)17(8-23-28)27-10-14(7-19(27)29)25(2)33(3,31)32;1-11-8-27-17(10-25(11)19(29)23-12-3-4-15(21)14(20)5-12)16(7-22-27)26-9-13(6-18(26)28)24-32(2,30)31/h4-6,8,12,14H,7,9-11H2,1-3H3,(H,24,30);3-5,7,11,13,24H,6,8-10H2,1-2H3,(H,23,29). The predicted molar refractivity (Wildman–Crippen MR) is 237 cm³/mol. The Balaban J connectivity index is 0.000000194. The third kappa shape index (κ3) is 10.5. The maximum absolute atomic E-state index is 13.4. The molecule has 350 valence electrons. The molecule has 8 rings (SSSR count). The van der Waals surface area contributed by atoms with Gasteiger partial charge in [-0.2, -0.15) is 14.5 Å². The summed E-state index contributed by atoms with van der Waals surface area (Å²) in [7, 11) is -5.43. The molecule has 6 amide bonds. The smallest absolute Gasteiger partial charge is 0.314 e. The number of carbonyl (C=O) groups excluding carboxylic acids is 4. The number of fused-ring (bicyclic) bond motifs is 2. The van der Waals surface area contributed by atoms with Gasteiger partial charge in [-0.05, 0) is 50.2 Å². The van der Waals surface area contributed by atoms with Crippen LogP contribution in [-0.2, 0) is 55.8 Å². The van der Waals surface area contributed by atoms with E-state index in [1.807, 2.05) is 13.8 Å². The van der Waals surface area contributed by atoms with Gasteiger partial charge in [-0.1, -0.05) is 23.2 Å². The molecule has 2 aromatic heterocycles. The third-order valence-corrected chi connectivity index (χ3v) is 14.2. The highest BCUT2D eigenvalue weighted by atomic mass is 35.5. The topological polar surface area (TPSA) is 224 Å². The number of likely N-dealkylation sites (N-methyl/N-ethyl adjacent to an activating group) is 1. The number of halogens is 4. The lowest BCUT2D eigenvalue weighted by Gasteiger charge is -2.35. The van der Waals surface area contributed by atoms with Crippen LogP contribution in [-0.4, -0.2) is 131 Å². The quantitative estimate of drug-likeness (QED) is 0.231. The van der Waals surface area contributed by atoms with Crippen molar-refractivity contribution in [3.8, 4) is 0 Å². The molecule has 4 aliphatic rings. The molecule has 0 spiro atoms. The summed E-state index contributed by atoms with van der Waals surface area (Å²) in [6.07, 6.45) is 5.40. The third-order valence-electron chi connectivity index (χ3n) is 11.5. The normalized spacial score (nSPS) is 21.0. The van der Waals surface area contributed by atoms with Gasteiger partial charge in [-0.25, -0.2) is 39.9 Å². The number of nitrogens with zero attached hydrogens (tertiary/aromatic N) is 9. The van der Waals surface area contributed by atoms with E-state index in [1.165, 1.54) is 57.6 Å². The zero-order chi connectivity index (χ0) is 47.3. The van der Waals surface area contributed by atoms with Gasteiger partial charge < -0.3 is 30.2 Å². The molecule has 4 atom stereocenters. The second-order valence-corrected chi connectivity index (χ2v) is 21.0. The molecule has 65 heavy (non-hydrogen) atoms.